The first kappa shape index (κ1) is 11.8. The van der Waals surface area contributed by atoms with Gasteiger partial charge in [0.15, 0.2) is 5.03 Å². The lowest BCUT2D eigenvalue weighted by Gasteiger charge is -2.02. The summed E-state index contributed by atoms with van der Waals surface area (Å²) in [6, 6.07) is 0.274. The Morgan fingerprint density at radius 1 is 1.53 bits per heavy atom. The summed E-state index contributed by atoms with van der Waals surface area (Å²) >= 11 is 1.01. The third-order valence-corrected chi connectivity index (χ3v) is 3.44. The Hall–Kier alpha value is -2.30. The van der Waals surface area contributed by atoms with Gasteiger partial charge in [0, 0.05) is 0 Å². The van der Waals surface area contributed by atoms with E-state index >= 15 is 0 Å². The van der Waals surface area contributed by atoms with Crippen molar-refractivity contribution >= 4 is 23.4 Å². The lowest BCUT2D eigenvalue weighted by molar-refractivity contribution is -0.388. The molecule has 1 aliphatic rings. The molecule has 11 heteroatoms. The van der Waals surface area contributed by atoms with E-state index in [1.165, 1.54) is 0 Å². The van der Waals surface area contributed by atoms with Crippen LogP contribution in [0.3, 0.4) is 0 Å². The highest BCUT2D eigenvalue weighted by Gasteiger charge is 2.29. The summed E-state index contributed by atoms with van der Waals surface area (Å²) in [6.45, 7) is 0. The Kier molecular flexibility index (Phi) is 2.74. The first-order chi connectivity index (χ1) is 9.15. The fraction of sp³-hybridized carbons (Fsp3) is 0.375. The normalized spacial score (nSPS) is 14.5. The second kappa shape index (κ2) is 4.42. The maximum Gasteiger partial charge on any atom is 0.320 e. The van der Waals surface area contributed by atoms with Crippen LogP contribution in [0, 0.1) is 10.1 Å². The Morgan fingerprint density at radius 3 is 3.00 bits per heavy atom. The first-order valence-electron chi connectivity index (χ1n) is 5.38. The minimum Gasteiger partial charge on any atom is -0.368 e. The van der Waals surface area contributed by atoms with Gasteiger partial charge >= 0.3 is 5.69 Å². The van der Waals surface area contributed by atoms with E-state index in [1.54, 1.807) is 4.68 Å². The summed E-state index contributed by atoms with van der Waals surface area (Å²) in [4.78, 5) is 17.8. The van der Waals surface area contributed by atoms with E-state index in [2.05, 4.69) is 25.5 Å². The molecule has 0 spiro atoms. The lowest BCUT2D eigenvalue weighted by atomic mass is 10.5. The zero-order valence-corrected chi connectivity index (χ0v) is 10.3. The zero-order valence-electron chi connectivity index (χ0n) is 9.50. The van der Waals surface area contributed by atoms with Gasteiger partial charge in [-0.05, 0) is 35.0 Å². The largest absolute Gasteiger partial charge is 0.368 e. The van der Waals surface area contributed by atoms with Crippen molar-refractivity contribution in [2.45, 2.75) is 29.1 Å². The van der Waals surface area contributed by atoms with Crippen molar-refractivity contribution in [2.24, 2.45) is 0 Å². The molecular weight excluding hydrogens is 272 g/mol. The van der Waals surface area contributed by atoms with Crippen molar-refractivity contribution < 1.29 is 4.92 Å². The summed E-state index contributed by atoms with van der Waals surface area (Å²) in [7, 11) is 0. The molecule has 0 amide bonds. The van der Waals surface area contributed by atoms with Gasteiger partial charge in [-0.1, -0.05) is 0 Å². The molecule has 2 heterocycles. The number of hydrogen-bond acceptors (Lipinski definition) is 9. The van der Waals surface area contributed by atoms with Crippen molar-refractivity contribution in [1.82, 2.24) is 30.2 Å². The molecule has 98 valence electrons. The van der Waals surface area contributed by atoms with Gasteiger partial charge in [0.2, 0.25) is 11.1 Å². The van der Waals surface area contributed by atoms with Crippen molar-refractivity contribution in [1.29, 1.82) is 0 Å². The fourth-order valence-corrected chi connectivity index (χ4v) is 2.36. The quantitative estimate of drug-likeness (QED) is 0.480. The van der Waals surface area contributed by atoms with Gasteiger partial charge in [0.1, 0.15) is 6.20 Å². The summed E-state index contributed by atoms with van der Waals surface area (Å²) < 4.78 is 1.65. The minimum absolute atomic E-state index is 0.0291. The molecule has 0 radical (unpaired) electrons. The van der Waals surface area contributed by atoms with E-state index in [4.69, 9.17) is 5.73 Å². The van der Waals surface area contributed by atoms with E-state index in [0.29, 0.717) is 5.16 Å². The second-order valence-corrected chi connectivity index (χ2v) is 4.87. The van der Waals surface area contributed by atoms with Gasteiger partial charge in [-0.25, -0.2) is 9.67 Å². The lowest BCUT2D eigenvalue weighted by Crippen LogP contribution is -2.02. The Labute approximate surface area is 110 Å². The van der Waals surface area contributed by atoms with Crippen LogP contribution in [0.4, 0.5) is 11.6 Å². The molecule has 0 unspecified atom stereocenters. The maximum absolute atomic E-state index is 10.9. The average molecular weight is 280 g/mol. The van der Waals surface area contributed by atoms with Crippen LogP contribution in [0.5, 0.6) is 0 Å². The van der Waals surface area contributed by atoms with E-state index in [1.807, 2.05) is 0 Å². The van der Waals surface area contributed by atoms with E-state index in [0.717, 1.165) is 30.8 Å². The molecule has 0 bridgehead atoms. The van der Waals surface area contributed by atoms with Crippen LogP contribution in [0.15, 0.2) is 16.4 Å². The molecule has 10 nitrogen and oxygen atoms in total. The number of nitrogens with zero attached hydrogens (tertiary/aromatic N) is 7. The van der Waals surface area contributed by atoms with Gasteiger partial charge < -0.3 is 5.73 Å². The Morgan fingerprint density at radius 2 is 2.32 bits per heavy atom. The highest BCUT2D eigenvalue weighted by molar-refractivity contribution is 7.99. The molecule has 1 saturated carbocycles. The molecule has 1 fully saturated rings. The number of tetrazole rings is 1. The van der Waals surface area contributed by atoms with Crippen LogP contribution in [-0.2, 0) is 0 Å². The SMILES string of the molecule is Nc1ncc([N+](=O)[O-])c(Sc2nnnn2C2CC2)n1. The Bertz CT molecular complexity index is 639. The van der Waals surface area contributed by atoms with Gasteiger partial charge in [-0.2, -0.15) is 4.98 Å². The topological polar surface area (TPSA) is 139 Å². The monoisotopic (exact) mass is 280 g/mol. The number of hydrogen-bond donors (Lipinski definition) is 1. The van der Waals surface area contributed by atoms with Crippen molar-refractivity contribution in [3.63, 3.8) is 0 Å². The number of nitrogen functional groups attached to an aromatic ring is 1. The summed E-state index contributed by atoms with van der Waals surface area (Å²) in [6.07, 6.45) is 3.09. The van der Waals surface area contributed by atoms with Crippen LogP contribution in [0.1, 0.15) is 18.9 Å². The fourth-order valence-electron chi connectivity index (χ4n) is 1.46. The zero-order chi connectivity index (χ0) is 13.4. The predicted molar refractivity (Wildman–Crippen MR) is 63.3 cm³/mol. The molecule has 0 aliphatic heterocycles. The predicted octanol–water partition coefficient (Wildman–Crippen LogP) is 0.440. The molecule has 1 aliphatic carbocycles. The highest BCUT2D eigenvalue weighted by atomic mass is 32.2. The van der Waals surface area contributed by atoms with Gasteiger partial charge in [-0.15, -0.1) is 5.10 Å². The molecule has 3 rings (SSSR count). The maximum atomic E-state index is 10.9. The number of nitro groups is 1. The standard InChI is InChI=1S/C8H8N8O2S/c9-7-10-3-5(16(17)18)6(11-7)19-8-12-13-14-15(8)4-1-2-4/h3-4H,1-2H2,(H2,9,10,11). The van der Waals surface area contributed by atoms with Crippen molar-refractivity contribution in [3.8, 4) is 0 Å². The van der Waals surface area contributed by atoms with Gasteiger partial charge in [-0.3, -0.25) is 10.1 Å². The van der Waals surface area contributed by atoms with Crippen LogP contribution in [0.2, 0.25) is 0 Å². The van der Waals surface area contributed by atoms with Crippen LogP contribution in [0.25, 0.3) is 0 Å². The average Bonchev–Trinajstić information content (AvgIpc) is 3.10. The molecule has 2 aromatic heterocycles. The molecular formula is C8H8N8O2S. The summed E-state index contributed by atoms with van der Waals surface area (Å²) in [5, 5.41) is 22.8. The van der Waals surface area contributed by atoms with Crippen LogP contribution < -0.4 is 5.73 Å². The van der Waals surface area contributed by atoms with Crippen LogP contribution >= 0.6 is 11.8 Å². The van der Waals surface area contributed by atoms with Crippen molar-refractivity contribution in [3.05, 3.63) is 16.3 Å². The molecule has 0 aromatic carbocycles. The molecule has 2 aromatic rings. The van der Waals surface area contributed by atoms with E-state index in [9.17, 15) is 10.1 Å². The van der Waals surface area contributed by atoms with E-state index < -0.39 is 4.92 Å². The molecule has 2 N–H and O–H groups in total. The van der Waals surface area contributed by atoms with Gasteiger partial charge in [0.25, 0.3) is 0 Å². The third kappa shape index (κ3) is 2.31. The summed E-state index contributed by atoms with van der Waals surface area (Å²) in [5.41, 5.74) is 5.23. The van der Waals surface area contributed by atoms with E-state index in [-0.39, 0.29) is 22.7 Å². The second-order valence-electron chi connectivity index (χ2n) is 3.91. The molecule has 0 saturated heterocycles. The number of nitrogens with two attached hydrogens (primary N) is 1. The smallest absolute Gasteiger partial charge is 0.320 e. The van der Waals surface area contributed by atoms with Crippen molar-refractivity contribution in [2.75, 3.05) is 5.73 Å². The molecule has 19 heavy (non-hydrogen) atoms. The number of rotatable bonds is 4. The van der Waals surface area contributed by atoms with Gasteiger partial charge in [0.05, 0.1) is 11.0 Å². The summed E-state index contributed by atoms with van der Waals surface area (Å²) in [5.74, 6) is -0.0291. The third-order valence-electron chi connectivity index (χ3n) is 2.49. The van der Waals surface area contributed by atoms with Crippen LogP contribution in [-0.4, -0.2) is 35.1 Å². The molecule has 0 atom stereocenters. The first-order valence-corrected chi connectivity index (χ1v) is 6.19. The highest BCUT2D eigenvalue weighted by Crippen LogP contribution is 2.39. The Balaban J connectivity index is 1.95. The number of aromatic nitrogens is 6. The number of anilines is 1. The minimum atomic E-state index is -0.562.